The van der Waals surface area contributed by atoms with Crippen molar-refractivity contribution in [3.63, 3.8) is 0 Å². The first-order chi connectivity index (χ1) is 8.18. The van der Waals surface area contributed by atoms with E-state index in [2.05, 4.69) is 10.3 Å². The first-order valence-electron chi connectivity index (χ1n) is 5.03. The summed E-state index contributed by atoms with van der Waals surface area (Å²) in [7, 11) is 0. The van der Waals surface area contributed by atoms with Crippen LogP contribution in [0, 0.1) is 17.0 Å². The Morgan fingerprint density at radius 1 is 1.53 bits per heavy atom. The van der Waals surface area contributed by atoms with Crippen LogP contribution in [0.25, 0.3) is 0 Å². The summed E-state index contributed by atoms with van der Waals surface area (Å²) in [5.74, 6) is 0.321. The molecule has 0 saturated heterocycles. The molecule has 5 nitrogen and oxygen atoms in total. The van der Waals surface area contributed by atoms with E-state index in [1.165, 1.54) is 0 Å². The number of hydrogen-bond donors (Lipinski definition) is 1. The highest BCUT2D eigenvalue weighted by atomic mass is 32.1. The average molecular weight is 249 g/mol. The van der Waals surface area contributed by atoms with Crippen LogP contribution in [0.1, 0.15) is 11.1 Å². The lowest BCUT2D eigenvalue weighted by atomic mass is 10.2. The summed E-state index contributed by atoms with van der Waals surface area (Å²) in [6.45, 7) is 2.25. The number of aryl methyl sites for hydroxylation is 1. The standard InChI is InChI=1S/C11H11N3O2S/c1-8-2-4-12-11(10(8)14(15)16)13-6-9-3-5-17-7-9/h2-5,7H,6H2,1H3,(H,12,13). The summed E-state index contributed by atoms with van der Waals surface area (Å²) in [4.78, 5) is 14.5. The van der Waals surface area contributed by atoms with Crippen LogP contribution in [0.4, 0.5) is 11.5 Å². The van der Waals surface area contributed by atoms with Gasteiger partial charge in [-0.2, -0.15) is 11.3 Å². The maximum absolute atomic E-state index is 10.9. The van der Waals surface area contributed by atoms with Crippen molar-refractivity contribution in [3.05, 3.63) is 50.3 Å². The maximum atomic E-state index is 10.9. The highest BCUT2D eigenvalue weighted by Crippen LogP contribution is 2.25. The Hall–Kier alpha value is -1.95. The molecule has 0 aliphatic heterocycles. The van der Waals surface area contributed by atoms with Crippen LogP contribution in [0.5, 0.6) is 0 Å². The van der Waals surface area contributed by atoms with E-state index in [0.29, 0.717) is 17.9 Å². The van der Waals surface area contributed by atoms with Crippen molar-refractivity contribution in [2.24, 2.45) is 0 Å². The van der Waals surface area contributed by atoms with Gasteiger partial charge in [0.25, 0.3) is 0 Å². The van der Waals surface area contributed by atoms with Gasteiger partial charge < -0.3 is 5.32 Å². The van der Waals surface area contributed by atoms with Crippen LogP contribution in [-0.4, -0.2) is 9.91 Å². The van der Waals surface area contributed by atoms with Gasteiger partial charge in [-0.15, -0.1) is 0 Å². The van der Waals surface area contributed by atoms with Crippen LogP contribution in [0.2, 0.25) is 0 Å². The second-order valence-electron chi connectivity index (χ2n) is 3.57. The maximum Gasteiger partial charge on any atom is 0.314 e. The van der Waals surface area contributed by atoms with E-state index in [0.717, 1.165) is 5.56 Å². The molecule has 2 aromatic heterocycles. The minimum Gasteiger partial charge on any atom is -0.360 e. The van der Waals surface area contributed by atoms with Crippen molar-refractivity contribution >= 4 is 22.8 Å². The van der Waals surface area contributed by atoms with Crippen LogP contribution >= 0.6 is 11.3 Å². The Bertz CT molecular complexity index is 526. The Balaban J connectivity index is 2.21. The molecule has 2 aromatic rings. The summed E-state index contributed by atoms with van der Waals surface area (Å²) < 4.78 is 0. The minimum atomic E-state index is -0.404. The Morgan fingerprint density at radius 2 is 2.35 bits per heavy atom. The van der Waals surface area contributed by atoms with Gasteiger partial charge in [-0.25, -0.2) is 4.98 Å². The lowest BCUT2D eigenvalue weighted by Crippen LogP contribution is -2.05. The molecule has 0 amide bonds. The van der Waals surface area contributed by atoms with Crippen molar-refractivity contribution in [3.8, 4) is 0 Å². The van der Waals surface area contributed by atoms with Gasteiger partial charge in [0.1, 0.15) is 0 Å². The van der Waals surface area contributed by atoms with E-state index in [1.54, 1.807) is 30.5 Å². The van der Waals surface area contributed by atoms with E-state index < -0.39 is 4.92 Å². The van der Waals surface area contributed by atoms with Gasteiger partial charge in [-0.1, -0.05) is 0 Å². The van der Waals surface area contributed by atoms with Crippen molar-refractivity contribution in [1.82, 2.24) is 4.98 Å². The number of nitrogens with one attached hydrogen (secondary N) is 1. The topological polar surface area (TPSA) is 68.1 Å². The van der Waals surface area contributed by atoms with E-state index in [4.69, 9.17) is 0 Å². The monoisotopic (exact) mass is 249 g/mol. The quantitative estimate of drug-likeness (QED) is 0.668. The third-order valence-electron chi connectivity index (χ3n) is 2.35. The van der Waals surface area contributed by atoms with E-state index in [1.807, 2.05) is 16.8 Å². The zero-order valence-electron chi connectivity index (χ0n) is 9.21. The minimum absolute atomic E-state index is 0.0442. The SMILES string of the molecule is Cc1ccnc(NCc2ccsc2)c1[N+](=O)[O-]. The van der Waals surface area contributed by atoms with E-state index in [9.17, 15) is 10.1 Å². The molecule has 2 heterocycles. The normalized spacial score (nSPS) is 10.2. The summed E-state index contributed by atoms with van der Waals surface area (Å²) in [5, 5.41) is 17.9. The third kappa shape index (κ3) is 2.59. The molecule has 0 aliphatic carbocycles. The van der Waals surface area contributed by atoms with Crippen LogP contribution in [0.3, 0.4) is 0 Å². The number of nitro groups is 1. The number of nitrogens with zero attached hydrogens (tertiary/aromatic N) is 2. The molecule has 2 rings (SSSR count). The van der Waals surface area contributed by atoms with Gasteiger partial charge in [-0.3, -0.25) is 10.1 Å². The van der Waals surface area contributed by atoms with Gasteiger partial charge in [0.15, 0.2) is 0 Å². The molecule has 6 heteroatoms. The molecule has 0 atom stereocenters. The third-order valence-corrected chi connectivity index (χ3v) is 3.08. The summed E-state index contributed by atoms with van der Waals surface area (Å²) >= 11 is 1.59. The number of rotatable bonds is 4. The molecule has 0 spiro atoms. The Kier molecular flexibility index (Phi) is 3.34. The van der Waals surface area contributed by atoms with Crippen LogP contribution in [0.15, 0.2) is 29.1 Å². The van der Waals surface area contributed by atoms with Gasteiger partial charge in [0.05, 0.1) is 4.92 Å². The molecule has 0 fully saturated rings. The largest absolute Gasteiger partial charge is 0.360 e. The van der Waals surface area contributed by atoms with Crippen LogP contribution in [-0.2, 0) is 6.54 Å². The summed E-state index contributed by atoms with van der Waals surface area (Å²) in [5.41, 5.74) is 1.74. The fraction of sp³-hybridized carbons (Fsp3) is 0.182. The molecule has 0 aliphatic rings. The Morgan fingerprint density at radius 3 is 3.00 bits per heavy atom. The average Bonchev–Trinajstić information content (AvgIpc) is 2.78. The number of thiophene rings is 1. The predicted molar refractivity (Wildman–Crippen MR) is 67.3 cm³/mol. The zero-order chi connectivity index (χ0) is 12.3. The molecule has 1 N–H and O–H groups in total. The molecule has 88 valence electrons. The lowest BCUT2D eigenvalue weighted by Gasteiger charge is -2.06. The van der Waals surface area contributed by atoms with Crippen LogP contribution < -0.4 is 5.32 Å². The van der Waals surface area contributed by atoms with Gasteiger partial charge in [-0.05, 0) is 35.4 Å². The molecular formula is C11H11N3O2S. The molecule has 0 aromatic carbocycles. The van der Waals surface area contributed by atoms with E-state index in [-0.39, 0.29) is 5.69 Å². The van der Waals surface area contributed by atoms with Gasteiger partial charge in [0.2, 0.25) is 5.82 Å². The number of pyridine rings is 1. The van der Waals surface area contributed by atoms with Gasteiger partial charge >= 0.3 is 5.69 Å². The second kappa shape index (κ2) is 4.92. The first-order valence-corrected chi connectivity index (χ1v) is 5.97. The number of anilines is 1. The first kappa shape index (κ1) is 11.5. The molecule has 0 unspecified atom stereocenters. The lowest BCUT2D eigenvalue weighted by molar-refractivity contribution is -0.384. The smallest absolute Gasteiger partial charge is 0.314 e. The van der Waals surface area contributed by atoms with Crippen molar-refractivity contribution in [2.45, 2.75) is 13.5 Å². The van der Waals surface area contributed by atoms with Gasteiger partial charge in [0, 0.05) is 18.3 Å². The summed E-state index contributed by atoms with van der Waals surface area (Å²) in [6.07, 6.45) is 1.57. The Labute approximate surface area is 102 Å². The molecule has 0 bridgehead atoms. The molecule has 0 saturated carbocycles. The van der Waals surface area contributed by atoms with Crippen molar-refractivity contribution in [1.29, 1.82) is 0 Å². The fourth-order valence-corrected chi connectivity index (χ4v) is 2.16. The number of aromatic nitrogens is 1. The van der Waals surface area contributed by atoms with E-state index >= 15 is 0 Å². The summed E-state index contributed by atoms with van der Waals surface area (Å²) in [6, 6.07) is 3.60. The fourth-order valence-electron chi connectivity index (χ4n) is 1.49. The second-order valence-corrected chi connectivity index (χ2v) is 4.35. The predicted octanol–water partition coefficient (Wildman–Crippen LogP) is 2.97. The number of hydrogen-bond acceptors (Lipinski definition) is 5. The molecule has 0 radical (unpaired) electrons. The molecule has 17 heavy (non-hydrogen) atoms. The van der Waals surface area contributed by atoms with Crippen molar-refractivity contribution < 1.29 is 4.92 Å². The zero-order valence-corrected chi connectivity index (χ0v) is 10.0. The molecular weight excluding hydrogens is 238 g/mol. The highest BCUT2D eigenvalue weighted by molar-refractivity contribution is 7.07. The highest BCUT2D eigenvalue weighted by Gasteiger charge is 2.17. The van der Waals surface area contributed by atoms with Crippen molar-refractivity contribution in [2.75, 3.05) is 5.32 Å².